The molecule has 2 N–H and O–H groups in total. The first-order valence-electron chi connectivity index (χ1n) is 10.3. The highest BCUT2D eigenvalue weighted by Gasteiger charge is 2.10. The second-order valence-electron chi connectivity index (χ2n) is 7.27. The molecule has 0 aliphatic rings. The zero-order valence-corrected chi connectivity index (χ0v) is 18.7. The molecule has 4 rings (SSSR count). The summed E-state index contributed by atoms with van der Waals surface area (Å²) in [5, 5.41) is 6.65. The summed E-state index contributed by atoms with van der Waals surface area (Å²) >= 11 is 1.65. The smallest absolute Gasteiger partial charge is 0.323 e. The monoisotopic (exact) mass is 445 g/mol. The minimum atomic E-state index is -0.334. The van der Waals surface area contributed by atoms with Crippen LogP contribution in [0.1, 0.15) is 18.1 Å². The maximum Gasteiger partial charge on any atom is 0.323 e. The summed E-state index contributed by atoms with van der Waals surface area (Å²) in [6.07, 6.45) is 0.209. The Labute approximate surface area is 190 Å². The van der Waals surface area contributed by atoms with E-state index in [2.05, 4.69) is 16.7 Å². The van der Waals surface area contributed by atoms with E-state index in [9.17, 15) is 9.59 Å². The van der Waals surface area contributed by atoms with Gasteiger partial charge in [0, 0.05) is 16.9 Å². The number of rotatable bonds is 6. The van der Waals surface area contributed by atoms with Crippen molar-refractivity contribution in [2.75, 3.05) is 17.2 Å². The first kappa shape index (κ1) is 21.5. The molecule has 0 saturated carbocycles. The van der Waals surface area contributed by atoms with Gasteiger partial charge in [0.15, 0.2) is 0 Å². The van der Waals surface area contributed by atoms with Gasteiger partial charge >= 0.3 is 12.0 Å². The van der Waals surface area contributed by atoms with E-state index < -0.39 is 0 Å². The summed E-state index contributed by atoms with van der Waals surface area (Å²) in [7, 11) is 0. The van der Waals surface area contributed by atoms with Gasteiger partial charge in [-0.3, -0.25) is 4.79 Å². The molecule has 0 aliphatic carbocycles. The Morgan fingerprint density at radius 3 is 2.50 bits per heavy atom. The van der Waals surface area contributed by atoms with Crippen molar-refractivity contribution in [1.29, 1.82) is 0 Å². The average molecular weight is 446 g/mol. The standard InChI is InChI=1S/C25H23N3O3S/c1-3-31-23(29)15-17-8-11-19(12-9-17)26-25(30)28-20-13-10-18(14-16(20)2)24-27-21-6-4-5-7-22(21)32-24/h4-14H,3,15H2,1-2H3,(H2,26,28,30). The van der Waals surface area contributed by atoms with E-state index in [0.29, 0.717) is 12.3 Å². The number of aromatic nitrogens is 1. The van der Waals surface area contributed by atoms with E-state index in [1.807, 2.05) is 43.3 Å². The number of hydrogen-bond acceptors (Lipinski definition) is 5. The number of thiazole rings is 1. The van der Waals surface area contributed by atoms with Gasteiger partial charge in [-0.15, -0.1) is 11.3 Å². The third kappa shape index (κ3) is 5.12. The van der Waals surface area contributed by atoms with Gasteiger partial charge in [-0.1, -0.05) is 24.3 Å². The number of carbonyl (C=O) groups excluding carboxylic acids is 2. The van der Waals surface area contributed by atoms with Crippen molar-refractivity contribution in [3.8, 4) is 10.6 Å². The van der Waals surface area contributed by atoms with Gasteiger partial charge < -0.3 is 15.4 Å². The van der Waals surface area contributed by atoms with Crippen molar-refractivity contribution in [1.82, 2.24) is 4.98 Å². The van der Waals surface area contributed by atoms with Crippen molar-refractivity contribution in [2.45, 2.75) is 20.3 Å². The maximum absolute atomic E-state index is 12.4. The van der Waals surface area contributed by atoms with Crippen LogP contribution in [0.25, 0.3) is 20.8 Å². The van der Waals surface area contributed by atoms with E-state index in [1.54, 1.807) is 42.5 Å². The van der Waals surface area contributed by atoms with Crippen molar-refractivity contribution in [3.63, 3.8) is 0 Å². The Morgan fingerprint density at radius 2 is 1.78 bits per heavy atom. The number of urea groups is 1. The number of anilines is 2. The molecule has 3 aromatic carbocycles. The average Bonchev–Trinajstić information content (AvgIpc) is 3.21. The third-order valence-corrected chi connectivity index (χ3v) is 5.97. The second-order valence-corrected chi connectivity index (χ2v) is 8.30. The van der Waals surface area contributed by atoms with Gasteiger partial charge in [0.2, 0.25) is 0 Å². The number of fused-ring (bicyclic) bond motifs is 1. The summed E-state index contributed by atoms with van der Waals surface area (Å²) in [6, 6.07) is 20.7. The molecule has 0 radical (unpaired) electrons. The number of ether oxygens (including phenoxy) is 1. The molecule has 4 aromatic rings. The predicted molar refractivity (Wildman–Crippen MR) is 129 cm³/mol. The predicted octanol–water partition coefficient (Wildman–Crippen LogP) is 6.02. The molecule has 1 aromatic heterocycles. The van der Waals surface area contributed by atoms with Crippen LogP contribution >= 0.6 is 11.3 Å². The van der Waals surface area contributed by atoms with Gasteiger partial charge in [0.1, 0.15) is 5.01 Å². The fourth-order valence-electron chi connectivity index (χ4n) is 3.30. The van der Waals surface area contributed by atoms with Crippen LogP contribution in [0.4, 0.5) is 16.2 Å². The summed E-state index contributed by atoms with van der Waals surface area (Å²) in [6.45, 7) is 4.09. The molecule has 0 fully saturated rings. The highest BCUT2D eigenvalue weighted by molar-refractivity contribution is 7.21. The van der Waals surface area contributed by atoms with Crippen LogP contribution in [0.5, 0.6) is 0 Å². The Hall–Kier alpha value is -3.71. The lowest BCUT2D eigenvalue weighted by molar-refractivity contribution is -0.142. The summed E-state index contributed by atoms with van der Waals surface area (Å²) in [4.78, 5) is 28.7. The number of esters is 1. The van der Waals surface area contributed by atoms with Crippen LogP contribution in [0.3, 0.4) is 0 Å². The lowest BCUT2D eigenvalue weighted by Crippen LogP contribution is -2.20. The summed E-state index contributed by atoms with van der Waals surface area (Å²) < 4.78 is 6.10. The number of nitrogens with one attached hydrogen (secondary N) is 2. The van der Waals surface area contributed by atoms with Crippen molar-refractivity contribution >= 4 is 44.9 Å². The molecular weight excluding hydrogens is 422 g/mol. The summed E-state index contributed by atoms with van der Waals surface area (Å²) in [5.74, 6) is -0.268. The number of carbonyl (C=O) groups is 2. The minimum Gasteiger partial charge on any atom is -0.466 e. The molecule has 0 unspecified atom stereocenters. The van der Waals surface area contributed by atoms with E-state index in [4.69, 9.17) is 9.72 Å². The molecule has 0 spiro atoms. The molecule has 32 heavy (non-hydrogen) atoms. The first-order chi connectivity index (χ1) is 15.5. The number of benzene rings is 3. The lowest BCUT2D eigenvalue weighted by atomic mass is 10.1. The maximum atomic E-state index is 12.4. The fourth-order valence-corrected chi connectivity index (χ4v) is 4.26. The van der Waals surface area contributed by atoms with Gasteiger partial charge in [-0.25, -0.2) is 9.78 Å². The first-order valence-corrected chi connectivity index (χ1v) is 11.1. The molecule has 7 heteroatoms. The normalized spacial score (nSPS) is 10.7. The highest BCUT2D eigenvalue weighted by Crippen LogP contribution is 2.32. The zero-order chi connectivity index (χ0) is 22.5. The van der Waals surface area contributed by atoms with Crippen LogP contribution < -0.4 is 10.6 Å². The van der Waals surface area contributed by atoms with Crippen molar-refractivity contribution in [3.05, 3.63) is 77.9 Å². The number of amides is 2. The SMILES string of the molecule is CCOC(=O)Cc1ccc(NC(=O)Nc2ccc(-c3nc4ccccc4s3)cc2C)cc1. The molecular formula is C25H23N3O3S. The number of para-hydroxylation sites is 1. The van der Waals surface area contributed by atoms with E-state index >= 15 is 0 Å². The third-order valence-electron chi connectivity index (χ3n) is 4.88. The second kappa shape index (κ2) is 9.62. The topological polar surface area (TPSA) is 80.3 Å². The largest absolute Gasteiger partial charge is 0.466 e. The fraction of sp³-hybridized carbons (Fsp3) is 0.160. The van der Waals surface area contributed by atoms with Crippen LogP contribution in [-0.4, -0.2) is 23.6 Å². The van der Waals surface area contributed by atoms with Crippen LogP contribution in [-0.2, 0) is 16.0 Å². The molecule has 0 bridgehead atoms. The zero-order valence-electron chi connectivity index (χ0n) is 17.8. The Morgan fingerprint density at radius 1 is 1.00 bits per heavy atom. The van der Waals surface area contributed by atoms with Crippen LogP contribution in [0.15, 0.2) is 66.7 Å². The Bertz CT molecular complexity index is 1230. The lowest BCUT2D eigenvalue weighted by Gasteiger charge is -2.11. The van der Waals surface area contributed by atoms with Crippen LogP contribution in [0.2, 0.25) is 0 Å². The van der Waals surface area contributed by atoms with Gasteiger partial charge in [-0.05, 0) is 67.4 Å². The van der Waals surface area contributed by atoms with Gasteiger partial charge in [-0.2, -0.15) is 0 Å². The molecule has 0 saturated heterocycles. The van der Waals surface area contributed by atoms with E-state index in [-0.39, 0.29) is 18.4 Å². The number of nitrogens with zero attached hydrogens (tertiary/aromatic N) is 1. The number of aryl methyl sites for hydroxylation is 1. The molecule has 162 valence electrons. The van der Waals surface area contributed by atoms with E-state index in [0.717, 1.165) is 37.6 Å². The Kier molecular flexibility index (Phi) is 6.47. The molecule has 0 atom stereocenters. The summed E-state index contributed by atoms with van der Waals surface area (Å²) in [5.41, 5.74) is 5.15. The van der Waals surface area contributed by atoms with Crippen LogP contribution in [0, 0.1) is 6.92 Å². The molecule has 2 amide bonds. The van der Waals surface area contributed by atoms with Gasteiger partial charge in [0.05, 0.1) is 23.2 Å². The van der Waals surface area contributed by atoms with Gasteiger partial charge in [0.25, 0.3) is 0 Å². The van der Waals surface area contributed by atoms with Crippen molar-refractivity contribution in [2.24, 2.45) is 0 Å². The highest BCUT2D eigenvalue weighted by atomic mass is 32.1. The Balaban J connectivity index is 1.39. The van der Waals surface area contributed by atoms with Crippen molar-refractivity contribution < 1.29 is 14.3 Å². The van der Waals surface area contributed by atoms with E-state index in [1.165, 1.54) is 0 Å². The molecule has 0 aliphatic heterocycles. The molecule has 6 nitrogen and oxygen atoms in total. The number of hydrogen-bond donors (Lipinski definition) is 2. The quantitative estimate of drug-likeness (QED) is 0.356. The minimum absolute atomic E-state index is 0.209. The molecule has 1 heterocycles.